The first kappa shape index (κ1) is 14.5. The summed E-state index contributed by atoms with van der Waals surface area (Å²) in [5.41, 5.74) is 0.418. The van der Waals surface area contributed by atoms with Crippen molar-refractivity contribution in [3.8, 4) is 11.8 Å². The van der Waals surface area contributed by atoms with E-state index in [0.717, 1.165) is 0 Å². The summed E-state index contributed by atoms with van der Waals surface area (Å²) in [6, 6.07) is 4.55. The number of hydrogen-bond acceptors (Lipinski definition) is 4. The number of ether oxygens (including phenoxy) is 1. The Morgan fingerprint density at radius 3 is 2.42 bits per heavy atom. The third-order valence-corrected chi connectivity index (χ3v) is 2.56. The van der Waals surface area contributed by atoms with Crippen molar-refractivity contribution in [2.75, 3.05) is 21.2 Å². The SMILES string of the molecule is COc1cc(CC#N)c(C(=O)O)cc1C(=O)N(C)C. The van der Waals surface area contributed by atoms with Crippen LogP contribution in [-0.4, -0.2) is 43.1 Å². The van der Waals surface area contributed by atoms with E-state index in [0.29, 0.717) is 5.56 Å². The van der Waals surface area contributed by atoms with Gasteiger partial charge in [-0.25, -0.2) is 4.79 Å². The van der Waals surface area contributed by atoms with E-state index in [9.17, 15) is 9.59 Å². The lowest BCUT2D eigenvalue weighted by Crippen LogP contribution is -2.23. The highest BCUT2D eigenvalue weighted by molar-refractivity contribution is 6.00. The highest BCUT2D eigenvalue weighted by Crippen LogP contribution is 2.25. The van der Waals surface area contributed by atoms with Gasteiger partial charge in [0.1, 0.15) is 5.75 Å². The summed E-state index contributed by atoms with van der Waals surface area (Å²) in [4.78, 5) is 24.4. The molecule has 0 saturated heterocycles. The number of carbonyl (C=O) groups excluding carboxylic acids is 1. The summed E-state index contributed by atoms with van der Waals surface area (Å²) >= 11 is 0. The number of aromatic carboxylic acids is 1. The molecule has 0 fully saturated rings. The minimum atomic E-state index is -1.18. The van der Waals surface area contributed by atoms with Gasteiger partial charge in [-0.1, -0.05) is 0 Å². The normalized spacial score (nSPS) is 9.58. The molecule has 0 unspecified atom stereocenters. The van der Waals surface area contributed by atoms with Crippen molar-refractivity contribution in [3.05, 3.63) is 28.8 Å². The lowest BCUT2D eigenvalue weighted by Gasteiger charge is -2.15. The molecule has 1 amide bonds. The smallest absolute Gasteiger partial charge is 0.336 e. The van der Waals surface area contributed by atoms with E-state index in [1.807, 2.05) is 6.07 Å². The summed E-state index contributed by atoms with van der Waals surface area (Å²) in [6.45, 7) is 0. The third-order valence-electron chi connectivity index (χ3n) is 2.56. The molecular weight excluding hydrogens is 248 g/mol. The van der Waals surface area contributed by atoms with Crippen molar-refractivity contribution < 1.29 is 19.4 Å². The van der Waals surface area contributed by atoms with Crippen molar-refractivity contribution >= 4 is 11.9 Å². The number of carbonyl (C=O) groups is 2. The number of amides is 1. The first-order chi connectivity index (χ1) is 8.92. The first-order valence-electron chi connectivity index (χ1n) is 5.45. The molecule has 0 aliphatic carbocycles. The van der Waals surface area contributed by atoms with Crippen LogP contribution in [0.4, 0.5) is 0 Å². The van der Waals surface area contributed by atoms with Crippen molar-refractivity contribution in [1.82, 2.24) is 4.90 Å². The Bertz CT molecular complexity index is 558. The Hall–Kier alpha value is -2.55. The molecule has 0 heterocycles. The quantitative estimate of drug-likeness (QED) is 0.879. The van der Waals surface area contributed by atoms with Crippen molar-refractivity contribution in [1.29, 1.82) is 5.26 Å². The van der Waals surface area contributed by atoms with Gasteiger partial charge >= 0.3 is 5.97 Å². The minimum Gasteiger partial charge on any atom is -0.496 e. The predicted octanol–water partition coefficient (Wildman–Crippen LogP) is 1.16. The van der Waals surface area contributed by atoms with Gasteiger partial charge in [0.05, 0.1) is 30.7 Å². The average Bonchev–Trinajstić information content (AvgIpc) is 2.37. The Labute approximate surface area is 110 Å². The van der Waals surface area contributed by atoms with Crippen LogP contribution in [0, 0.1) is 11.3 Å². The van der Waals surface area contributed by atoms with Crippen LogP contribution in [0.25, 0.3) is 0 Å². The highest BCUT2D eigenvalue weighted by atomic mass is 16.5. The summed E-state index contributed by atoms with van der Waals surface area (Å²) in [7, 11) is 4.51. The molecule has 1 rings (SSSR count). The number of nitriles is 1. The zero-order valence-corrected chi connectivity index (χ0v) is 10.9. The predicted molar refractivity (Wildman–Crippen MR) is 67.3 cm³/mol. The van der Waals surface area contributed by atoms with Crippen LogP contribution in [0.15, 0.2) is 12.1 Å². The van der Waals surface area contributed by atoms with Gasteiger partial charge in [0.15, 0.2) is 0 Å². The monoisotopic (exact) mass is 262 g/mol. The zero-order chi connectivity index (χ0) is 14.6. The molecule has 0 aromatic heterocycles. The number of benzene rings is 1. The van der Waals surface area contributed by atoms with Crippen LogP contribution in [0.3, 0.4) is 0 Å². The van der Waals surface area contributed by atoms with Gasteiger partial charge < -0.3 is 14.7 Å². The molecule has 0 aliphatic heterocycles. The van der Waals surface area contributed by atoms with Crippen LogP contribution in [-0.2, 0) is 6.42 Å². The zero-order valence-electron chi connectivity index (χ0n) is 10.9. The van der Waals surface area contributed by atoms with E-state index in [-0.39, 0.29) is 29.2 Å². The molecular formula is C13H14N2O4. The number of hydrogen-bond donors (Lipinski definition) is 1. The summed E-state index contributed by atoms with van der Waals surface area (Å²) in [6.07, 6.45) is -0.0611. The van der Waals surface area contributed by atoms with Crippen LogP contribution >= 0.6 is 0 Å². The Balaban J connectivity index is 3.49. The minimum absolute atomic E-state index is 0.0611. The molecule has 6 heteroatoms. The van der Waals surface area contributed by atoms with Crippen LogP contribution in [0.2, 0.25) is 0 Å². The Morgan fingerprint density at radius 2 is 2.00 bits per heavy atom. The van der Waals surface area contributed by atoms with Gasteiger partial charge in [-0.2, -0.15) is 5.26 Å². The summed E-state index contributed by atoms with van der Waals surface area (Å²) in [5.74, 6) is -1.28. The maximum Gasteiger partial charge on any atom is 0.336 e. The van der Waals surface area contributed by atoms with Crippen molar-refractivity contribution in [3.63, 3.8) is 0 Å². The lowest BCUT2D eigenvalue weighted by molar-refractivity contribution is 0.0696. The van der Waals surface area contributed by atoms with Crippen molar-refractivity contribution in [2.45, 2.75) is 6.42 Å². The van der Waals surface area contributed by atoms with E-state index in [4.69, 9.17) is 15.1 Å². The maximum atomic E-state index is 12.0. The van der Waals surface area contributed by atoms with Gasteiger partial charge in [0, 0.05) is 14.1 Å². The van der Waals surface area contributed by atoms with E-state index in [1.165, 1.54) is 24.1 Å². The van der Waals surface area contributed by atoms with Crippen LogP contribution < -0.4 is 4.74 Å². The van der Waals surface area contributed by atoms with E-state index in [1.54, 1.807) is 14.1 Å². The van der Waals surface area contributed by atoms with Gasteiger partial charge in [0.2, 0.25) is 0 Å². The fourth-order valence-electron chi connectivity index (χ4n) is 1.63. The molecule has 0 saturated carbocycles. The topological polar surface area (TPSA) is 90.6 Å². The number of carboxylic acid groups (broad SMARTS) is 1. The number of carboxylic acids is 1. The van der Waals surface area contributed by atoms with Crippen LogP contribution in [0.1, 0.15) is 26.3 Å². The second kappa shape index (κ2) is 5.87. The standard InChI is InChI=1S/C13H14N2O4/c1-15(2)12(16)10-7-9(13(17)18)8(4-5-14)6-11(10)19-3/h6-7H,4H2,1-3H3,(H,17,18). The van der Waals surface area contributed by atoms with Crippen molar-refractivity contribution in [2.24, 2.45) is 0 Å². The molecule has 0 radical (unpaired) electrons. The molecule has 1 aromatic carbocycles. The molecule has 100 valence electrons. The molecule has 0 aliphatic rings. The van der Waals surface area contributed by atoms with Gasteiger partial charge in [-0.15, -0.1) is 0 Å². The van der Waals surface area contributed by atoms with Gasteiger partial charge in [-0.05, 0) is 17.7 Å². The van der Waals surface area contributed by atoms with Gasteiger partial charge in [0.25, 0.3) is 5.91 Å². The van der Waals surface area contributed by atoms with E-state index >= 15 is 0 Å². The molecule has 6 nitrogen and oxygen atoms in total. The largest absolute Gasteiger partial charge is 0.496 e. The fourth-order valence-corrected chi connectivity index (χ4v) is 1.63. The second-order valence-corrected chi connectivity index (χ2v) is 4.05. The molecule has 19 heavy (non-hydrogen) atoms. The van der Waals surface area contributed by atoms with E-state index in [2.05, 4.69) is 0 Å². The number of methoxy groups -OCH3 is 1. The Morgan fingerprint density at radius 1 is 1.37 bits per heavy atom. The average molecular weight is 262 g/mol. The highest BCUT2D eigenvalue weighted by Gasteiger charge is 2.20. The fraction of sp³-hybridized carbons (Fsp3) is 0.308. The Kier molecular flexibility index (Phi) is 4.48. The summed E-state index contributed by atoms with van der Waals surface area (Å²) in [5, 5.41) is 17.8. The summed E-state index contributed by atoms with van der Waals surface area (Å²) < 4.78 is 5.09. The number of nitrogens with zero attached hydrogens (tertiary/aromatic N) is 2. The van der Waals surface area contributed by atoms with Crippen LogP contribution in [0.5, 0.6) is 5.75 Å². The van der Waals surface area contributed by atoms with Gasteiger partial charge in [-0.3, -0.25) is 4.79 Å². The van der Waals surface area contributed by atoms with E-state index < -0.39 is 5.97 Å². The first-order valence-corrected chi connectivity index (χ1v) is 5.45. The number of rotatable bonds is 4. The lowest BCUT2D eigenvalue weighted by atomic mass is 10.00. The second-order valence-electron chi connectivity index (χ2n) is 4.05. The third kappa shape index (κ3) is 3.01. The molecule has 0 spiro atoms. The molecule has 0 bridgehead atoms. The molecule has 1 N–H and O–H groups in total. The maximum absolute atomic E-state index is 12.0. The molecule has 0 atom stereocenters. The molecule has 1 aromatic rings.